The standard InChI is InChI=1S/C17H20N2O/c1-3-19(16-11-7-10-15(18)12-16)17(20)13(2)14-8-5-4-6-9-14/h4-13H,3,18H2,1-2H3. The van der Waals surface area contributed by atoms with Gasteiger partial charge in [-0.05, 0) is 37.6 Å². The van der Waals surface area contributed by atoms with Crippen LogP contribution in [0.2, 0.25) is 0 Å². The molecule has 104 valence electrons. The number of anilines is 2. The van der Waals surface area contributed by atoms with Gasteiger partial charge < -0.3 is 10.6 Å². The maximum atomic E-state index is 12.7. The normalized spacial score (nSPS) is 11.9. The molecule has 0 aliphatic carbocycles. The van der Waals surface area contributed by atoms with Gasteiger partial charge in [0.05, 0.1) is 5.92 Å². The number of nitrogen functional groups attached to an aromatic ring is 1. The Labute approximate surface area is 120 Å². The Bertz CT molecular complexity index is 581. The highest BCUT2D eigenvalue weighted by molar-refractivity contribution is 5.98. The Morgan fingerprint density at radius 2 is 1.85 bits per heavy atom. The van der Waals surface area contributed by atoms with Crippen molar-refractivity contribution < 1.29 is 4.79 Å². The lowest BCUT2D eigenvalue weighted by Gasteiger charge is -2.25. The van der Waals surface area contributed by atoms with E-state index in [1.165, 1.54) is 0 Å². The topological polar surface area (TPSA) is 46.3 Å². The van der Waals surface area contributed by atoms with Crippen LogP contribution in [0.15, 0.2) is 54.6 Å². The molecule has 0 aliphatic rings. The van der Waals surface area contributed by atoms with Crippen molar-refractivity contribution in [2.75, 3.05) is 17.2 Å². The Hall–Kier alpha value is -2.29. The second-order valence-corrected chi connectivity index (χ2v) is 4.81. The highest BCUT2D eigenvalue weighted by Crippen LogP contribution is 2.23. The fourth-order valence-electron chi connectivity index (χ4n) is 2.28. The molecular weight excluding hydrogens is 248 g/mol. The van der Waals surface area contributed by atoms with Crippen LogP contribution in [0.5, 0.6) is 0 Å². The Balaban J connectivity index is 2.26. The van der Waals surface area contributed by atoms with E-state index in [0.717, 1.165) is 11.3 Å². The molecule has 2 aromatic rings. The second-order valence-electron chi connectivity index (χ2n) is 4.81. The molecule has 0 bridgehead atoms. The molecule has 0 aliphatic heterocycles. The number of carbonyl (C=O) groups is 1. The van der Waals surface area contributed by atoms with E-state index >= 15 is 0 Å². The molecule has 2 aromatic carbocycles. The lowest BCUT2D eigenvalue weighted by atomic mass is 9.99. The second kappa shape index (κ2) is 6.24. The number of likely N-dealkylation sites (N-methyl/N-ethyl adjacent to an activating group) is 1. The van der Waals surface area contributed by atoms with Crippen LogP contribution in [0.25, 0.3) is 0 Å². The molecule has 20 heavy (non-hydrogen) atoms. The molecule has 0 fully saturated rings. The number of carbonyl (C=O) groups excluding carboxylic acids is 1. The summed E-state index contributed by atoms with van der Waals surface area (Å²) in [7, 11) is 0. The molecule has 2 rings (SSSR count). The smallest absolute Gasteiger partial charge is 0.234 e. The predicted octanol–water partition coefficient (Wildman–Crippen LogP) is 3.43. The van der Waals surface area contributed by atoms with Crippen LogP contribution in [-0.2, 0) is 4.79 Å². The van der Waals surface area contributed by atoms with Gasteiger partial charge in [0, 0.05) is 17.9 Å². The van der Waals surface area contributed by atoms with E-state index in [9.17, 15) is 4.79 Å². The fourth-order valence-corrected chi connectivity index (χ4v) is 2.28. The summed E-state index contributed by atoms with van der Waals surface area (Å²) in [6.07, 6.45) is 0. The molecule has 1 unspecified atom stereocenters. The summed E-state index contributed by atoms with van der Waals surface area (Å²) in [5, 5.41) is 0. The molecule has 3 heteroatoms. The van der Waals surface area contributed by atoms with Gasteiger partial charge in [0.25, 0.3) is 0 Å². The van der Waals surface area contributed by atoms with Crippen molar-refractivity contribution >= 4 is 17.3 Å². The van der Waals surface area contributed by atoms with Crippen molar-refractivity contribution in [3.05, 3.63) is 60.2 Å². The van der Waals surface area contributed by atoms with E-state index in [4.69, 9.17) is 5.73 Å². The monoisotopic (exact) mass is 268 g/mol. The van der Waals surface area contributed by atoms with Crippen molar-refractivity contribution in [2.24, 2.45) is 0 Å². The highest BCUT2D eigenvalue weighted by atomic mass is 16.2. The lowest BCUT2D eigenvalue weighted by Crippen LogP contribution is -2.34. The van der Waals surface area contributed by atoms with Gasteiger partial charge in [0.2, 0.25) is 5.91 Å². The zero-order chi connectivity index (χ0) is 14.5. The lowest BCUT2D eigenvalue weighted by molar-refractivity contribution is -0.119. The summed E-state index contributed by atoms with van der Waals surface area (Å²) in [6, 6.07) is 17.3. The molecule has 0 saturated carbocycles. The maximum absolute atomic E-state index is 12.7. The van der Waals surface area contributed by atoms with Crippen LogP contribution in [0.3, 0.4) is 0 Å². The number of hydrogen-bond donors (Lipinski definition) is 1. The molecule has 2 N–H and O–H groups in total. The van der Waals surface area contributed by atoms with Gasteiger partial charge in [0.1, 0.15) is 0 Å². The maximum Gasteiger partial charge on any atom is 0.234 e. The zero-order valence-corrected chi connectivity index (χ0v) is 11.9. The van der Waals surface area contributed by atoms with Crippen molar-refractivity contribution in [3.63, 3.8) is 0 Å². The molecule has 1 atom stereocenters. The molecule has 0 aromatic heterocycles. The Morgan fingerprint density at radius 3 is 2.45 bits per heavy atom. The van der Waals surface area contributed by atoms with E-state index in [-0.39, 0.29) is 11.8 Å². The first-order valence-electron chi connectivity index (χ1n) is 6.85. The fraction of sp³-hybridized carbons (Fsp3) is 0.235. The van der Waals surface area contributed by atoms with Gasteiger partial charge in [-0.25, -0.2) is 0 Å². The van der Waals surface area contributed by atoms with Crippen LogP contribution < -0.4 is 10.6 Å². The quantitative estimate of drug-likeness (QED) is 0.864. The van der Waals surface area contributed by atoms with E-state index in [1.54, 1.807) is 4.90 Å². The number of nitrogens with two attached hydrogens (primary N) is 1. The third-order valence-corrected chi connectivity index (χ3v) is 3.43. The first kappa shape index (κ1) is 14.1. The first-order chi connectivity index (χ1) is 9.63. The third-order valence-electron chi connectivity index (χ3n) is 3.43. The summed E-state index contributed by atoms with van der Waals surface area (Å²) < 4.78 is 0. The van der Waals surface area contributed by atoms with E-state index in [1.807, 2.05) is 68.4 Å². The minimum absolute atomic E-state index is 0.0873. The summed E-state index contributed by atoms with van der Waals surface area (Å²) in [6.45, 7) is 4.53. The number of benzene rings is 2. The molecule has 0 saturated heterocycles. The van der Waals surface area contributed by atoms with Gasteiger partial charge in [-0.1, -0.05) is 36.4 Å². The average Bonchev–Trinajstić information content (AvgIpc) is 2.48. The van der Waals surface area contributed by atoms with Crippen LogP contribution in [0, 0.1) is 0 Å². The molecule has 3 nitrogen and oxygen atoms in total. The van der Waals surface area contributed by atoms with Crippen molar-refractivity contribution in [1.82, 2.24) is 0 Å². The zero-order valence-electron chi connectivity index (χ0n) is 11.9. The molecule has 0 spiro atoms. The summed E-state index contributed by atoms with van der Waals surface area (Å²) in [5.74, 6) is -0.0816. The average molecular weight is 268 g/mol. The summed E-state index contributed by atoms with van der Waals surface area (Å²) >= 11 is 0. The van der Waals surface area contributed by atoms with Crippen molar-refractivity contribution in [2.45, 2.75) is 19.8 Å². The van der Waals surface area contributed by atoms with Crippen LogP contribution in [0.1, 0.15) is 25.3 Å². The van der Waals surface area contributed by atoms with Gasteiger partial charge in [-0.3, -0.25) is 4.79 Å². The van der Waals surface area contributed by atoms with Crippen molar-refractivity contribution in [3.8, 4) is 0 Å². The highest BCUT2D eigenvalue weighted by Gasteiger charge is 2.21. The minimum atomic E-state index is -0.169. The van der Waals surface area contributed by atoms with Gasteiger partial charge in [-0.15, -0.1) is 0 Å². The summed E-state index contributed by atoms with van der Waals surface area (Å²) in [5.41, 5.74) is 8.34. The Kier molecular flexibility index (Phi) is 4.41. The first-order valence-corrected chi connectivity index (χ1v) is 6.85. The number of amides is 1. The van der Waals surface area contributed by atoms with Gasteiger partial charge in [-0.2, -0.15) is 0 Å². The van der Waals surface area contributed by atoms with Gasteiger partial charge in [0.15, 0.2) is 0 Å². The van der Waals surface area contributed by atoms with E-state index in [2.05, 4.69) is 0 Å². The van der Waals surface area contributed by atoms with Crippen LogP contribution >= 0.6 is 0 Å². The SMILES string of the molecule is CCN(C(=O)C(C)c1ccccc1)c1cccc(N)c1. The van der Waals surface area contributed by atoms with Crippen molar-refractivity contribution in [1.29, 1.82) is 0 Å². The number of nitrogens with zero attached hydrogens (tertiary/aromatic N) is 1. The largest absolute Gasteiger partial charge is 0.399 e. The predicted molar refractivity (Wildman–Crippen MR) is 83.7 cm³/mol. The van der Waals surface area contributed by atoms with E-state index < -0.39 is 0 Å². The molecule has 0 radical (unpaired) electrons. The number of hydrogen-bond acceptors (Lipinski definition) is 2. The van der Waals surface area contributed by atoms with Crippen LogP contribution in [0.4, 0.5) is 11.4 Å². The minimum Gasteiger partial charge on any atom is -0.399 e. The van der Waals surface area contributed by atoms with E-state index in [0.29, 0.717) is 12.2 Å². The Morgan fingerprint density at radius 1 is 1.15 bits per heavy atom. The number of rotatable bonds is 4. The molecular formula is C17H20N2O. The molecule has 0 heterocycles. The van der Waals surface area contributed by atoms with Crippen LogP contribution in [-0.4, -0.2) is 12.5 Å². The third kappa shape index (κ3) is 2.99. The summed E-state index contributed by atoms with van der Waals surface area (Å²) in [4.78, 5) is 14.4. The molecule has 1 amide bonds. The van der Waals surface area contributed by atoms with Gasteiger partial charge >= 0.3 is 0 Å².